The van der Waals surface area contributed by atoms with E-state index in [2.05, 4.69) is 21.5 Å². The molecular weight excluding hydrogens is 296 g/mol. The number of hydrogen-bond donors (Lipinski definition) is 2. The predicted octanol–water partition coefficient (Wildman–Crippen LogP) is 1.57. The minimum Gasteiger partial charge on any atom is -0.473 e. The average molecular weight is 316 g/mol. The van der Waals surface area contributed by atoms with E-state index in [1.165, 1.54) is 6.08 Å². The number of nitrogens with one attached hydrogen (secondary N) is 1. The summed E-state index contributed by atoms with van der Waals surface area (Å²) in [5, 5.41) is 9.75. The Hall–Kier alpha value is -2.41. The molecule has 1 aliphatic rings. The fourth-order valence-electron chi connectivity index (χ4n) is 2.76. The van der Waals surface area contributed by atoms with Crippen LogP contribution in [0.15, 0.2) is 25.0 Å². The highest BCUT2D eigenvalue weighted by Crippen LogP contribution is 2.24. The van der Waals surface area contributed by atoms with Gasteiger partial charge in [-0.15, -0.1) is 0 Å². The van der Waals surface area contributed by atoms with Gasteiger partial charge < -0.3 is 19.7 Å². The van der Waals surface area contributed by atoms with Gasteiger partial charge in [0.15, 0.2) is 5.65 Å². The van der Waals surface area contributed by atoms with Crippen LogP contribution in [-0.4, -0.2) is 50.1 Å². The molecule has 0 aliphatic carbocycles. The summed E-state index contributed by atoms with van der Waals surface area (Å²) in [7, 11) is 0. The van der Waals surface area contributed by atoms with E-state index in [-0.39, 0.29) is 12.0 Å². The van der Waals surface area contributed by atoms with Crippen LogP contribution in [0.2, 0.25) is 0 Å². The van der Waals surface area contributed by atoms with Crippen LogP contribution in [-0.2, 0) is 4.79 Å². The number of aromatic nitrogens is 3. The lowest BCUT2D eigenvalue weighted by Gasteiger charge is -2.31. The lowest BCUT2D eigenvalue weighted by Crippen LogP contribution is -2.41. The number of carbonyl (C=O) groups is 1. The van der Waals surface area contributed by atoms with Crippen molar-refractivity contribution in [2.45, 2.75) is 32.0 Å². The number of carbonyl (C=O) groups excluding carboxylic acids is 1. The lowest BCUT2D eigenvalue weighted by atomic mass is 10.1. The van der Waals surface area contributed by atoms with Crippen LogP contribution in [0, 0.1) is 0 Å². The van der Waals surface area contributed by atoms with Crippen molar-refractivity contribution in [1.82, 2.24) is 19.9 Å². The summed E-state index contributed by atoms with van der Waals surface area (Å²) in [5.41, 5.74) is 1.95. The molecule has 1 fully saturated rings. The summed E-state index contributed by atoms with van der Waals surface area (Å²) in [4.78, 5) is 25.0. The number of likely N-dealkylation sites (tertiary alicyclic amines) is 1. The van der Waals surface area contributed by atoms with Crippen molar-refractivity contribution in [3.05, 3.63) is 30.6 Å². The number of nitrogens with zero attached hydrogens (tertiary/aromatic N) is 3. The van der Waals surface area contributed by atoms with Gasteiger partial charge in [0, 0.05) is 37.7 Å². The summed E-state index contributed by atoms with van der Waals surface area (Å²) in [6.45, 7) is 6.48. The van der Waals surface area contributed by atoms with Gasteiger partial charge in [0.05, 0.1) is 12.3 Å². The zero-order valence-electron chi connectivity index (χ0n) is 13.0. The molecule has 0 saturated carbocycles. The van der Waals surface area contributed by atoms with E-state index >= 15 is 0 Å². The van der Waals surface area contributed by atoms with Gasteiger partial charge in [-0.3, -0.25) is 4.79 Å². The molecule has 0 spiro atoms. The molecule has 1 atom stereocenters. The molecule has 1 aliphatic heterocycles. The Balaban J connectivity index is 1.69. The zero-order valence-corrected chi connectivity index (χ0v) is 13.0. The average Bonchev–Trinajstić information content (AvgIpc) is 2.98. The Bertz CT molecular complexity index is 717. The van der Waals surface area contributed by atoms with Crippen molar-refractivity contribution in [3.63, 3.8) is 0 Å². The van der Waals surface area contributed by atoms with E-state index in [9.17, 15) is 9.90 Å². The number of aromatic amines is 1. The summed E-state index contributed by atoms with van der Waals surface area (Å²) in [6, 6.07) is 0. The molecule has 2 aromatic rings. The first-order valence-corrected chi connectivity index (χ1v) is 7.68. The zero-order chi connectivity index (χ0) is 16.4. The molecule has 3 rings (SSSR count). The molecule has 7 heteroatoms. The molecule has 3 heterocycles. The van der Waals surface area contributed by atoms with Gasteiger partial charge in [-0.05, 0) is 13.0 Å². The topological polar surface area (TPSA) is 91.3 Å². The maximum atomic E-state index is 11.6. The largest absolute Gasteiger partial charge is 0.473 e. The van der Waals surface area contributed by atoms with Crippen molar-refractivity contribution >= 4 is 17.1 Å². The SMILES string of the molecule is C=CC(=O)N1CCC(Oc2cnc3[nH]cc([C@@H](C)O)c3n2)CC1. The number of ether oxygens (including phenoxy) is 1. The van der Waals surface area contributed by atoms with E-state index in [4.69, 9.17) is 4.74 Å². The highest BCUT2D eigenvalue weighted by atomic mass is 16.5. The third kappa shape index (κ3) is 3.19. The van der Waals surface area contributed by atoms with Crippen molar-refractivity contribution in [3.8, 4) is 5.88 Å². The van der Waals surface area contributed by atoms with Crippen LogP contribution in [0.25, 0.3) is 11.2 Å². The van der Waals surface area contributed by atoms with Gasteiger partial charge >= 0.3 is 0 Å². The number of H-pyrrole nitrogens is 1. The molecule has 23 heavy (non-hydrogen) atoms. The first-order valence-electron chi connectivity index (χ1n) is 7.68. The van der Waals surface area contributed by atoms with Crippen molar-refractivity contribution in [2.75, 3.05) is 13.1 Å². The quantitative estimate of drug-likeness (QED) is 0.835. The van der Waals surface area contributed by atoms with Crippen molar-refractivity contribution in [2.24, 2.45) is 0 Å². The molecule has 2 aromatic heterocycles. The summed E-state index contributed by atoms with van der Waals surface area (Å²) in [6.07, 6.45) is 5.49. The van der Waals surface area contributed by atoms with Gasteiger partial charge in [-0.2, -0.15) is 0 Å². The summed E-state index contributed by atoms with van der Waals surface area (Å²) in [5.74, 6) is 0.394. The van der Waals surface area contributed by atoms with Crippen LogP contribution in [0.5, 0.6) is 5.88 Å². The molecule has 7 nitrogen and oxygen atoms in total. The Morgan fingerprint density at radius 1 is 1.57 bits per heavy atom. The second kappa shape index (κ2) is 6.37. The standard InChI is InChI=1S/C16H20N4O3/c1-3-14(22)20-6-4-11(5-7-20)23-13-9-18-16-15(19-13)12(8-17-16)10(2)21/h3,8-11,21H,1,4-7H2,2H3,(H,17,18)/t10-/m1/s1. The van der Waals surface area contributed by atoms with Gasteiger partial charge in [-0.1, -0.05) is 6.58 Å². The van der Waals surface area contributed by atoms with E-state index in [1.807, 2.05) is 0 Å². The second-order valence-electron chi connectivity index (χ2n) is 5.67. The fourth-order valence-corrected chi connectivity index (χ4v) is 2.76. The van der Waals surface area contributed by atoms with E-state index in [0.29, 0.717) is 35.7 Å². The number of hydrogen-bond acceptors (Lipinski definition) is 5. The number of aliphatic hydroxyl groups is 1. The number of piperidine rings is 1. The summed E-state index contributed by atoms with van der Waals surface area (Å²) < 4.78 is 5.90. The fraction of sp³-hybridized carbons (Fsp3) is 0.438. The maximum absolute atomic E-state index is 11.6. The Morgan fingerprint density at radius 2 is 2.30 bits per heavy atom. The molecule has 0 bridgehead atoms. The smallest absolute Gasteiger partial charge is 0.245 e. The first kappa shape index (κ1) is 15.5. The third-order valence-electron chi connectivity index (χ3n) is 4.05. The van der Waals surface area contributed by atoms with Crippen molar-refractivity contribution < 1.29 is 14.6 Å². The number of fused-ring (bicyclic) bond motifs is 1. The molecule has 0 radical (unpaired) electrons. The van der Waals surface area contributed by atoms with E-state index in [0.717, 1.165) is 12.8 Å². The predicted molar refractivity (Wildman–Crippen MR) is 84.9 cm³/mol. The normalized spacial score (nSPS) is 17.2. The third-order valence-corrected chi connectivity index (χ3v) is 4.05. The molecule has 1 saturated heterocycles. The van der Waals surface area contributed by atoms with Crippen LogP contribution in [0.4, 0.5) is 0 Å². The Kier molecular flexibility index (Phi) is 4.29. The molecule has 1 amide bonds. The second-order valence-corrected chi connectivity index (χ2v) is 5.67. The minimum atomic E-state index is -0.624. The van der Waals surface area contributed by atoms with Gasteiger partial charge in [0.2, 0.25) is 11.8 Å². The van der Waals surface area contributed by atoms with Crippen LogP contribution in [0.3, 0.4) is 0 Å². The number of rotatable bonds is 4. The van der Waals surface area contributed by atoms with Crippen LogP contribution >= 0.6 is 0 Å². The van der Waals surface area contributed by atoms with Crippen molar-refractivity contribution in [1.29, 1.82) is 0 Å². The number of aliphatic hydroxyl groups excluding tert-OH is 1. The van der Waals surface area contributed by atoms with Crippen LogP contribution < -0.4 is 4.74 Å². The Morgan fingerprint density at radius 3 is 2.96 bits per heavy atom. The number of amides is 1. The molecule has 122 valence electrons. The molecule has 0 aromatic carbocycles. The molecule has 0 unspecified atom stereocenters. The molecule has 2 N–H and O–H groups in total. The van der Waals surface area contributed by atoms with Gasteiger partial charge in [-0.25, -0.2) is 9.97 Å². The maximum Gasteiger partial charge on any atom is 0.245 e. The highest BCUT2D eigenvalue weighted by molar-refractivity contribution is 5.87. The Labute approximate surface area is 134 Å². The summed E-state index contributed by atoms with van der Waals surface area (Å²) >= 11 is 0. The molecular formula is C16H20N4O3. The lowest BCUT2D eigenvalue weighted by molar-refractivity contribution is -0.127. The highest BCUT2D eigenvalue weighted by Gasteiger charge is 2.23. The monoisotopic (exact) mass is 316 g/mol. The minimum absolute atomic E-state index is 0.00422. The van der Waals surface area contributed by atoms with Gasteiger partial charge in [0.1, 0.15) is 11.6 Å². The van der Waals surface area contributed by atoms with Crippen LogP contribution in [0.1, 0.15) is 31.4 Å². The first-order chi connectivity index (χ1) is 11.1. The van der Waals surface area contributed by atoms with Gasteiger partial charge in [0.25, 0.3) is 0 Å². The van der Waals surface area contributed by atoms with E-state index in [1.54, 1.807) is 24.2 Å². The van der Waals surface area contributed by atoms with E-state index < -0.39 is 6.10 Å².